The Balaban J connectivity index is 1.45. The maximum atomic E-state index is 13.7. The van der Waals surface area contributed by atoms with Crippen molar-refractivity contribution in [3.63, 3.8) is 0 Å². The summed E-state index contributed by atoms with van der Waals surface area (Å²) in [7, 11) is 2.13. The molecule has 0 atom stereocenters. The molecule has 2 aromatic heterocycles. The number of ether oxygens (including phenoxy) is 2. The number of carbonyl (C=O) groups excluding carboxylic acids is 1. The van der Waals surface area contributed by atoms with Crippen LogP contribution in [0.2, 0.25) is 0 Å². The van der Waals surface area contributed by atoms with Gasteiger partial charge in [0, 0.05) is 73.5 Å². The lowest BCUT2D eigenvalue weighted by atomic mass is 9.97. The Bertz CT molecular complexity index is 1470. The number of rotatable bonds is 9. The fourth-order valence-electron chi connectivity index (χ4n) is 6.17. The minimum Gasteiger partial charge on any atom is -0.473 e. The van der Waals surface area contributed by atoms with Gasteiger partial charge in [0.15, 0.2) is 0 Å². The van der Waals surface area contributed by atoms with Crippen LogP contribution in [0, 0.1) is 20.8 Å². The van der Waals surface area contributed by atoms with Crippen LogP contribution in [0.15, 0.2) is 35.4 Å². The Hall–Kier alpha value is -3.76. The lowest BCUT2D eigenvalue weighted by molar-refractivity contribution is 0.0846. The van der Waals surface area contributed by atoms with Gasteiger partial charge in [-0.05, 0) is 89.8 Å². The average Bonchev–Trinajstić information content (AvgIpc) is 3.00. The van der Waals surface area contributed by atoms with Gasteiger partial charge in [-0.15, -0.1) is 0 Å². The number of aromatic amines is 1. The van der Waals surface area contributed by atoms with Crippen molar-refractivity contribution in [3.05, 3.63) is 68.9 Å². The molecule has 5 rings (SSSR count). The Labute approximate surface area is 253 Å². The lowest BCUT2D eigenvalue weighted by Gasteiger charge is -2.37. The zero-order chi connectivity index (χ0) is 30.5. The summed E-state index contributed by atoms with van der Waals surface area (Å²) in [5.41, 5.74) is 5.92. The smallest absolute Gasteiger partial charge is 0.253 e. The number of carbonyl (C=O) groups is 1. The molecule has 10 nitrogen and oxygen atoms in total. The van der Waals surface area contributed by atoms with Crippen molar-refractivity contribution in [3.8, 4) is 17.1 Å². The number of nitrogens with one attached hydrogen (secondary N) is 2. The Morgan fingerprint density at radius 2 is 1.84 bits per heavy atom. The third-order valence-corrected chi connectivity index (χ3v) is 8.70. The van der Waals surface area contributed by atoms with Gasteiger partial charge >= 0.3 is 0 Å². The van der Waals surface area contributed by atoms with Crippen molar-refractivity contribution < 1.29 is 14.3 Å². The number of hydrogen-bond acceptors (Lipinski definition) is 8. The number of H-pyrrole nitrogens is 1. The molecule has 1 amide bonds. The van der Waals surface area contributed by atoms with E-state index in [1.807, 2.05) is 32.9 Å². The van der Waals surface area contributed by atoms with Crippen molar-refractivity contribution in [1.29, 1.82) is 0 Å². The second-order valence-electron chi connectivity index (χ2n) is 11.8. The molecule has 2 aliphatic rings. The summed E-state index contributed by atoms with van der Waals surface area (Å²) < 4.78 is 11.8. The van der Waals surface area contributed by atoms with Crippen LogP contribution < -0.4 is 20.5 Å². The number of benzene rings is 1. The first kappa shape index (κ1) is 30.7. The summed E-state index contributed by atoms with van der Waals surface area (Å²) in [6.45, 7) is 12.3. The molecule has 2 fully saturated rings. The molecule has 10 heteroatoms. The zero-order valence-corrected chi connectivity index (χ0v) is 26.0. The molecule has 0 aliphatic carbocycles. The van der Waals surface area contributed by atoms with Gasteiger partial charge in [-0.25, -0.2) is 9.97 Å². The highest BCUT2D eigenvalue weighted by Gasteiger charge is 2.25. The molecule has 0 bridgehead atoms. The Kier molecular flexibility index (Phi) is 9.77. The third kappa shape index (κ3) is 7.25. The minimum absolute atomic E-state index is 0.138. The number of aryl methyl sites for hydroxylation is 2. The largest absolute Gasteiger partial charge is 0.473 e. The predicted molar refractivity (Wildman–Crippen MR) is 168 cm³/mol. The van der Waals surface area contributed by atoms with Crippen molar-refractivity contribution in [2.75, 3.05) is 44.8 Å². The normalized spacial score (nSPS) is 16.7. The van der Waals surface area contributed by atoms with Gasteiger partial charge in [-0.1, -0.05) is 0 Å². The summed E-state index contributed by atoms with van der Waals surface area (Å²) in [6.07, 6.45) is 7.32. The van der Waals surface area contributed by atoms with Crippen LogP contribution in [0.5, 0.6) is 5.88 Å². The number of aromatic nitrogens is 3. The molecule has 3 aromatic rings. The fourth-order valence-corrected chi connectivity index (χ4v) is 6.17. The molecule has 4 heterocycles. The molecule has 43 heavy (non-hydrogen) atoms. The Morgan fingerprint density at radius 3 is 2.49 bits per heavy atom. The summed E-state index contributed by atoms with van der Waals surface area (Å²) in [6, 6.07) is 6.22. The number of amides is 1. The standard InChI is InChI=1S/C33H44N6O4/c1-6-39(25-9-13-42-14-10-25)30-17-24(29-19-35-31(20-34-29)43-26-7-11-38(5)12-8-26)16-27(23(30)4)32(40)36-18-28-21(2)15-22(3)37-33(28)41/h15-17,19-20,25-26H,6-14,18H2,1-5H3,(H,36,40)(H,37,41). The molecule has 2 N–H and O–H groups in total. The van der Waals surface area contributed by atoms with Crippen molar-refractivity contribution in [1.82, 2.24) is 25.2 Å². The maximum absolute atomic E-state index is 13.7. The van der Waals surface area contributed by atoms with Gasteiger partial charge in [0.25, 0.3) is 11.5 Å². The van der Waals surface area contributed by atoms with E-state index < -0.39 is 0 Å². The maximum Gasteiger partial charge on any atom is 0.253 e. The van der Waals surface area contributed by atoms with Gasteiger partial charge in [-0.2, -0.15) is 0 Å². The van der Waals surface area contributed by atoms with Crippen molar-refractivity contribution in [2.24, 2.45) is 0 Å². The molecule has 1 aromatic carbocycles. The lowest BCUT2D eigenvalue weighted by Crippen LogP contribution is -2.40. The number of likely N-dealkylation sites (tertiary alicyclic amines) is 1. The molecule has 2 aliphatic heterocycles. The summed E-state index contributed by atoms with van der Waals surface area (Å²) >= 11 is 0. The second kappa shape index (κ2) is 13.7. The summed E-state index contributed by atoms with van der Waals surface area (Å²) in [5.74, 6) is 0.276. The van der Waals surface area contributed by atoms with E-state index in [2.05, 4.69) is 45.1 Å². The Morgan fingerprint density at radius 1 is 1.09 bits per heavy atom. The monoisotopic (exact) mass is 588 g/mol. The van der Waals surface area contributed by atoms with E-state index in [1.54, 1.807) is 12.4 Å². The molecule has 0 unspecified atom stereocenters. The molecule has 2 saturated heterocycles. The highest BCUT2D eigenvalue weighted by molar-refractivity contribution is 5.98. The number of nitrogens with zero attached hydrogens (tertiary/aromatic N) is 4. The van der Waals surface area contributed by atoms with Crippen LogP contribution in [0.3, 0.4) is 0 Å². The topological polar surface area (TPSA) is 113 Å². The first-order valence-electron chi connectivity index (χ1n) is 15.4. The van der Waals surface area contributed by atoms with Gasteiger partial charge in [0.1, 0.15) is 6.10 Å². The molecule has 0 saturated carbocycles. The number of hydrogen-bond donors (Lipinski definition) is 2. The second-order valence-corrected chi connectivity index (χ2v) is 11.8. The van der Waals surface area contributed by atoms with E-state index in [0.717, 1.165) is 86.6 Å². The number of anilines is 1. The SMILES string of the molecule is CCN(c1cc(-c2cnc(OC3CCN(C)CC3)cn2)cc(C(=O)NCc2c(C)cc(C)[nH]c2=O)c1C)C1CCOCC1. The molecular weight excluding hydrogens is 544 g/mol. The summed E-state index contributed by atoms with van der Waals surface area (Å²) in [4.78, 5) is 43.1. The van der Waals surface area contributed by atoms with E-state index in [9.17, 15) is 9.59 Å². The quantitative estimate of drug-likeness (QED) is 0.383. The first-order valence-corrected chi connectivity index (χ1v) is 15.4. The first-order chi connectivity index (χ1) is 20.7. The van der Waals surface area contributed by atoms with Crippen LogP contribution >= 0.6 is 0 Å². The molecule has 0 spiro atoms. The van der Waals surface area contributed by atoms with E-state index in [4.69, 9.17) is 14.5 Å². The van der Waals surface area contributed by atoms with Crippen LogP contribution in [0.1, 0.15) is 65.3 Å². The van der Waals surface area contributed by atoms with Crippen LogP contribution in [-0.4, -0.2) is 77.8 Å². The highest BCUT2D eigenvalue weighted by Crippen LogP contribution is 2.33. The third-order valence-electron chi connectivity index (χ3n) is 8.70. The van der Waals surface area contributed by atoms with Crippen LogP contribution in [0.4, 0.5) is 5.69 Å². The van der Waals surface area contributed by atoms with Gasteiger partial charge in [0.2, 0.25) is 5.88 Å². The predicted octanol–water partition coefficient (Wildman–Crippen LogP) is 4.17. The number of pyridine rings is 1. The van der Waals surface area contributed by atoms with Gasteiger partial charge in [0.05, 0.1) is 18.1 Å². The van der Waals surface area contributed by atoms with E-state index >= 15 is 0 Å². The average molecular weight is 589 g/mol. The zero-order valence-electron chi connectivity index (χ0n) is 26.0. The van der Waals surface area contributed by atoms with E-state index in [1.165, 1.54) is 0 Å². The molecular formula is C33H44N6O4. The van der Waals surface area contributed by atoms with E-state index in [0.29, 0.717) is 28.7 Å². The van der Waals surface area contributed by atoms with E-state index in [-0.39, 0.29) is 24.1 Å². The van der Waals surface area contributed by atoms with Gasteiger partial charge in [-0.3, -0.25) is 9.59 Å². The minimum atomic E-state index is -0.238. The van der Waals surface area contributed by atoms with Crippen LogP contribution in [-0.2, 0) is 11.3 Å². The number of piperidine rings is 1. The fraction of sp³-hybridized carbons (Fsp3) is 0.515. The summed E-state index contributed by atoms with van der Waals surface area (Å²) in [5, 5.41) is 3.00. The van der Waals surface area contributed by atoms with Gasteiger partial charge < -0.3 is 29.6 Å². The molecule has 0 radical (unpaired) electrons. The van der Waals surface area contributed by atoms with Crippen molar-refractivity contribution in [2.45, 2.75) is 72.1 Å². The highest BCUT2D eigenvalue weighted by atomic mass is 16.5. The van der Waals surface area contributed by atoms with Crippen LogP contribution in [0.25, 0.3) is 11.3 Å². The molecule has 230 valence electrons. The van der Waals surface area contributed by atoms with Crippen molar-refractivity contribution >= 4 is 11.6 Å².